The second kappa shape index (κ2) is 14.1. The molecule has 42 heavy (non-hydrogen) atoms. The summed E-state index contributed by atoms with van der Waals surface area (Å²) in [5.41, 5.74) is 1.96. The number of benzene rings is 3. The average Bonchev–Trinajstić information content (AvgIpc) is 3.47. The van der Waals surface area contributed by atoms with Gasteiger partial charge in [-0.2, -0.15) is 0 Å². The van der Waals surface area contributed by atoms with Gasteiger partial charge in [-0.1, -0.05) is 65.3 Å². The number of anilines is 1. The van der Waals surface area contributed by atoms with Crippen molar-refractivity contribution in [2.75, 3.05) is 23.4 Å². The molecular formula is C31H36BrN3O6S. The third-order valence-corrected chi connectivity index (χ3v) is 9.43. The van der Waals surface area contributed by atoms with E-state index >= 15 is 0 Å². The molecule has 1 N–H and O–H groups in total. The second-order valence-electron chi connectivity index (χ2n) is 10.1. The normalized spacial score (nSPS) is 13.7. The molecule has 1 aliphatic heterocycles. The summed E-state index contributed by atoms with van der Waals surface area (Å²) in [7, 11) is -3.88. The Morgan fingerprint density at radius 3 is 2.31 bits per heavy atom. The van der Waals surface area contributed by atoms with Gasteiger partial charge in [0.2, 0.25) is 28.6 Å². The molecule has 2 amide bonds. The highest BCUT2D eigenvalue weighted by Crippen LogP contribution is 2.36. The summed E-state index contributed by atoms with van der Waals surface area (Å²) in [5, 5.41) is 3.03. The average molecular weight is 659 g/mol. The molecule has 0 saturated heterocycles. The molecule has 224 valence electrons. The third kappa shape index (κ3) is 7.83. The van der Waals surface area contributed by atoms with Gasteiger partial charge >= 0.3 is 0 Å². The van der Waals surface area contributed by atoms with Crippen LogP contribution in [0.5, 0.6) is 11.5 Å². The number of sulfonamides is 1. The minimum absolute atomic E-state index is 0.0334. The number of nitrogens with one attached hydrogen (secondary N) is 1. The Labute approximate surface area is 256 Å². The molecule has 0 fully saturated rings. The number of rotatable bonds is 13. The zero-order valence-electron chi connectivity index (χ0n) is 24.0. The van der Waals surface area contributed by atoms with E-state index in [0.29, 0.717) is 11.5 Å². The molecule has 0 spiro atoms. The van der Waals surface area contributed by atoms with Gasteiger partial charge in [0, 0.05) is 29.5 Å². The molecule has 0 aromatic heterocycles. The van der Waals surface area contributed by atoms with E-state index in [9.17, 15) is 18.0 Å². The molecule has 0 radical (unpaired) electrons. The second-order valence-corrected chi connectivity index (χ2v) is 13.2. The van der Waals surface area contributed by atoms with Gasteiger partial charge in [0.1, 0.15) is 12.6 Å². The van der Waals surface area contributed by atoms with Crippen LogP contribution in [-0.4, -0.2) is 56.3 Å². The van der Waals surface area contributed by atoms with Gasteiger partial charge in [0.05, 0.1) is 11.4 Å². The quantitative estimate of drug-likeness (QED) is 0.281. The summed E-state index contributed by atoms with van der Waals surface area (Å²) in [4.78, 5) is 29.5. The third-order valence-electron chi connectivity index (χ3n) is 7.16. The Morgan fingerprint density at radius 2 is 1.64 bits per heavy atom. The zero-order chi connectivity index (χ0) is 30.3. The summed E-state index contributed by atoms with van der Waals surface area (Å²) in [6, 6.07) is 20.7. The molecule has 3 aromatic carbocycles. The van der Waals surface area contributed by atoms with Gasteiger partial charge < -0.3 is 19.7 Å². The fourth-order valence-electron chi connectivity index (χ4n) is 4.54. The fourth-order valence-corrected chi connectivity index (χ4v) is 5.86. The lowest BCUT2D eigenvalue weighted by Crippen LogP contribution is -2.54. The number of hydrogen-bond donors (Lipinski definition) is 1. The van der Waals surface area contributed by atoms with E-state index in [4.69, 9.17) is 9.47 Å². The van der Waals surface area contributed by atoms with Crippen LogP contribution in [0.3, 0.4) is 0 Å². The predicted octanol–water partition coefficient (Wildman–Crippen LogP) is 4.89. The first kappa shape index (κ1) is 31.4. The first-order chi connectivity index (χ1) is 20.1. The Bertz CT molecular complexity index is 1480. The number of fused-ring (bicyclic) bond motifs is 1. The van der Waals surface area contributed by atoms with Crippen LogP contribution in [0.4, 0.5) is 5.69 Å². The fraction of sp³-hybridized carbons (Fsp3) is 0.355. The minimum Gasteiger partial charge on any atom is -0.454 e. The molecule has 9 nitrogen and oxygen atoms in total. The van der Waals surface area contributed by atoms with Crippen LogP contribution in [0.25, 0.3) is 0 Å². The maximum atomic E-state index is 14.3. The Balaban J connectivity index is 1.74. The molecule has 3 aromatic rings. The molecule has 4 rings (SSSR count). The molecule has 1 heterocycles. The lowest BCUT2D eigenvalue weighted by atomic mass is 10.0. The number of hydrogen-bond acceptors (Lipinski definition) is 6. The van der Waals surface area contributed by atoms with Crippen molar-refractivity contribution >= 4 is 43.5 Å². The highest BCUT2D eigenvalue weighted by Gasteiger charge is 2.34. The topological polar surface area (TPSA) is 105 Å². The minimum atomic E-state index is -3.88. The van der Waals surface area contributed by atoms with Crippen LogP contribution in [0.15, 0.2) is 77.3 Å². The smallest absolute Gasteiger partial charge is 0.244 e. The van der Waals surface area contributed by atoms with Gasteiger partial charge in [0.25, 0.3) is 0 Å². The Hall–Kier alpha value is -3.57. The molecule has 2 atom stereocenters. The molecule has 0 saturated carbocycles. The van der Waals surface area contributed by atoms with Crippen LogP contribution in [0.1, 0.15) is 38.3 Å². The lowest BCUT2D eigenvalue weighted by Gasteiger charge is -2.34. The van der Waals surface area contributed by atoms with Crippen LogP contribution in [0.2, 0.25) is 0 Å². The molecule has 1 aliphatic rings. The van der Waals surface area contributed by atoms with Crippen molar-refractivity contribution < 1.29 is 27.5 Å². The standard InChI is InChI=1S/C31H36BrN3O6S/c1-4-22(3)33-31(37)27(17-23-9-7-6-8-10-23)34(19-24-11-13-25(32)14-12-24)30(36)20-35(42(38,39)5-2)26-15-16-28-29(18-26)41-21-40-28/h6-16,18,22,27H,4-5,17,19-21H2,1-3H3,(H,33,37)/t22-,27+/m1/s1. The van der Waals surface area contributed by atoms with Crippen LogP contribution >= 0.6 is 15.9 Å². The molecule has 0 bridgehead atoms. The molecular weight excluding hydrogens is 622 g/mol. The molecule has 0 unspecified atom stereocenters. The number of ether oxygens (including phenoxy) is 2. The summed E-state index contributed by atoms with van der Waals surface area (Å²) in [5.74, 6) is -0.124. The van der Waals surface area contributed by atoms with E-state index in [1.165, 1.54) is 11.8 Å². The van der Waals surface area contributed by atoms with Gasteiger partial charge in [-0.3, -0.25) is 13.9 Å². The van der Waals surface area contributed by atoms with E-state index in [0.717, 1.165) is 26.3 Å². The largest absolute Gasteiger partial charge is 0.454 e. The van der Waals surface area contributed by atoms with Crippen molar-refractivity contribution in [3.05, 3.63) is 88.4 Å². The maximum absolute atomic E-state index is 14.3. The van der Waals surface area contributed by atoms with Crippen LogP contribution < -0.4 is 19.1 Å². The summed E-state index contributed by atoms with van der Waals surface area (Å²) in [6.45, 7) is 5.06. The zero-order valence-corrected chi connectivity index (χ0v) is 26.4. The maximum Gasteiger partial charge on any atom is 0.244 e. The highest BCUT2D eigenvalue weighted by molar-refractivity contribution is 9.10. The first-order valence-electron chi connectivity index (χ1n) is 13.9. The van der Waals surface area contributed by atoms with E-state index in [-0.39, 0.29) is 43.1 Å². The van der Waals surface area contributed by atoms with E-state index in [1.54, 1.807) is 18.2 Å². The number of carbonyl (C=O) groups is 2. The summed E-state index contributed by atoms with van der Waals surface area (Å²) >= 11 is 3.44. The Morgan fingerprint density at radius 1 is 0.952 bits per heavy atom. The number of amides is 2. The van der Waals surface area contributed by atoms with Gasteiger partial charge in [-0.25, -0.2) is 8.42 Å². The van der Waals surface area contributed by atoms with Crippen molar-refractivity contribution in [2.24, 2.45) is 0 Å². The van der Waals surface area contributed by atoms with E-state index < -0.39 is 28.5 Å². The first-order valence-corrected chi connectivity index (χ1v) is 16.3. The predicted molar refractivity (Wildman–Crippen MR) is 166 cm³/mol. The number of carbonyl (C=O) groups excluding carboxylic acids is 2. The van der Waals surface area contributed by atoms with Gasteiger partial charge in [0.15, 0.2) is 11.5 Å². The van der Waals surface area contributed by atoms with Gasteiger partial charge in [-0.05, 0) is 55.7 Å². The molecule has 11 heteroatoms. The van der Waals surface area contributed by atoms with E-state index in [2.05, 4.69) is 21.2 Å². The number of nitrogens with zero attached hydrogens (tertiary/aromatic N) is 2. The summed E-state index contributed by atoms with van der Waals surface area (Å²) in [6.07, 6.45) is 0.979. The van der Waals surface area contributed by atoms with Crippen molar-refractivity contribution in [1.29, 1.82) is 0 Å². The van der Waals surface area contributed by atoms with Crippen molar-refractivity contribution in [1.82, 2.24) is 10.2 Å². The number of halogens is 1. The highest BCUT2D eigenvalue weighted by atomic mass is 79.9. The summed E-state index contributed by atoms with van der Waals surface area (Å²) < 4.78 is 39.5. The van der Waals surface area contributed by atoms with Crippen LogP contribution in [0, 0.1) is 0 Å². The van der Waals surface area contributed by atoms with Crippen molar-refractivity contribution in [2.45, 2.75) is 52.2 Å². The monoisotopic (exact) mass is 657 g/mol. The van der Waals surface area contributed by atoms with Crippen LogP contribution in [-0.2, 0) is 32.6 Å². The van der Waals surface area contributed by atoms with Gasteiger partial charge in [-0.15, -0.1) is 0 Å². The van der Waals surface area contributed by atoms with Crippen molar-refractivity contribution in [3.63, 3.8) is 0 Å². The lowest BCUT2D eigenvalue weighted by molar-refractivity contribution is -0.140. The SMILES string of the molecule is CC[C@@H](C)NC(=O)[C@H](Cc1ccccc1)N(Cc1ccc(Br)cc1)C(=O)CN(c1ccc2c(c1)OCO2)S(=O)(=O)CC. The molecule has 0 aliphatic carbocycles. The van der Waals surface area contributed by atoms with Crippen molar-refractivity contribution in [3.8, 4) is 11.5 Å². The van der Waals surface area contributed by atoms with E-state index in [1.807, 2.05) is 68.4 Å². The Kier molecular flexibility index (Phi) is 10.5.